The van der Waals surface area contributed by atoms with E-state index in [4.69, 9.17) is 8.83 Å². The Morgan fingerprint density at radius 2 is 0.719 bits per heavy atom. The molecule has 0 aliphatic heterocycles. The molecule has 12 aromatic rings. The first-order chi connectivity index (χ1) is 31.7. The molecule has 0 saturated heterocycles. The molecule has 300 valence electrons. The lowest BCUT2D eigenvalue weighted by Gasteiger charge is -2.35. The lowest BCUT2D eigenvalue weighted by molar-refractivity contribution is 0.668. The number of nitrogens with zero attached hydrogens (tertiary/aromatic N) is 1. The first-order valence-corrected chi connectivity index (χ1v) is 21.9. The van der Waals surface area contributed by atoms with Crippen molar-refractivity contribution < 1.29 is 8.83 Å². The minimum atomic E-state index is -0.555. The van der Waals surface area contributed by atoms with Gasteiger partial charge in [-0.25, -0.2) is 0 Å². The molecule has 2 heterocycles. The zero-order valence-electron chi connectivity index (χ0n) is 34.8. The van der Waals surface area contributed by atoms with Crippen LogP contribution < -0.4 is 4.90 Å². The standard InChI is InChI=1S/C61H39NO2/c1-4-17-40(18-5-1)47-27-15-31-57-59(47)51-38-45(33-35-55(51)63-57)62(46-34-36-56-52(39-46)60-48(28-16-32-58(60)64-56)41-19-6-2-7-20-41)44-24-14-23-43(37-44)61(42-21-8-3-9-22-42)53-29-12-10-25-49(53)50-26-11-13-30-54(50)61/h1-39H. The van der Waals surface area contributed by atoms with Crippen molar-refractivity contribution in [3.05, 3.63) is 259 Å². The quantitative estimate of drug-likeness (QED) is 0.160. The molecule has 64 heavy (non-hydrogen) atoms. The summed E-state index contributed by atoms with van der Waals surface area (Å²) in [5, 5.41) is 4.33. The predicted octanol–water partition coefficient (Wildman–Crippen LogP) is 16.7. The Kier molecular flexibility index (Phi) is 8.13. The SMILES string of the molecule is c1ccc(-c2cccc3oc4ccc(N(c5cccc(C6(c7ccccc7)c7ccccc7-c7ccccc76)c5)c5ccc6oc7cccc(-c8ccccc8)c7c6c5)cc4c23)cc1. The molecule has 0 atom stereocenters. The highest BCUT2D eigenvalue weighted by Gasteiger charge is 2.46. The van der Waals surface area contributed by atoms with Crippen LogP contribution in [0.25, 0.3) is 77.3 Å². The van der Waals surface area contributed by atoms with Crippen LogP contribution in [0.3, 0.4) is 0 Å². The molecule has 0 unspecified atom stereocenters. The van der Waals surface area contributed by atoms with E-state index in [1.807, 2.05) is 0 Å². The summed E-state index contributed by atoms with van der Waals surface area (Å²) in [6.45, 7) is 0. The molecule has 3 heteroatoms. The lowest BCUT2D eigenvalue weighted by atomic mass is 9.67. The van der Waals surface area contributed by atoms with Crippen LogP contribution >= 0.6 is 0 Å². The molecule has 0 N–H and O–H groups in total. The summed E-state index contributed by atoms with van der Waals surface area (Å²) in [7, 11) is 0. The van der Waals surface area contributed by atoms with Gasteiger partial charge in [-0.2, -0.15) is 0 Å². The van der Waals surface area contributed by atoms with Crippen LogP contribution in [0.5, 0.6) is 0 Å². The molecule has 1 aliphatic carbocycles. The van der Waals surface area contributed by atoms with E-state index < -0.39 is 5.41 Å². The van der Waals surface area contributed by atoms with Crippen LogP contribution in [0.1, 0.15) is 22.3 Å². The zero-order chi connectivity index (χ0) is 42.2. The maximum atomic E-state index is 6.60. The second-order valence-corrected chi connectivity index (χ2v) is 16.7. The van der Waals surface area contributed by atoms with Crippen molar-refractivity contribution in [3.8, 4) is 33.4 Å². The molecule has 0 bridgehead atoms. The smallest absolute Gasteiger partial charge is 0.136 e. The van der Waals surface area contributed by atoms with Crippen molar-refractivity contribution in [2.24, 2.45) is 0 Å². The van der Waals surface area contributed by atoms with Gasteiger partial charge in [-0.15, -0.1) is 0 Å². The third kappa shape index (κ3) is 5.41. The highest BCUT2D eigenvalue weighted by molar-refractivity contribution is 6.15. The highest BCUT2D eigenvalue weighted by Crippen LogP contribution is 2.57. The van der Waals surface area contributed by atoms with E-state index >= 15 is 0 Å². The summed E-state index contributed by atoms with van der Waals surface area (Å²) < 4.78 is 13.2. The monoisotopic (exact) mass is 817 g/mol. The van der Waals surface area contributed by atoms with Gasteiger partial charge in [0, 0.05) is 38.6 Å². The minimum Gasteiger partial charge on any atom is -0.456 e. The first-order valence-electron chi connectivity index (χ1n) is 21.9. The predicted molar refractivity (Wildman–Crippen MR) is 264 cm³/mol. The van der Waals surface area contributed by atoms with Gasteiger partial charge in [0.2, 0.25) is 0 Å². The molecule has 0 spiro atoms. The Morgan fingerprint density at radius 3 is 1.25 bits per heavy atom. The topological polar surface area (TPSA) is 29.5 Å². The van der Waals surface area contributed by atoms with Gasteiger partial charge in [-0.1, -0.05) is 176 Å². The second-order valence-electron chi connectivity index (χ2n) is 16.7. The molecule has 10 aromatic carbocycles. The van der Waals surface area contributed by atoms with Gasteiger partial charge in [-0.3, -0.25) is 0 Å². The van der Waals surface area contributed by atoms with E-state index in [0.717, 1.165) is 83.2 Å². The van der Waals surface area contributed by atoms with Gasteiger partial charge < -0.3 is 13.7 Å². The van der Waals surface area contributed by atoms with Crippen LogP contribution in [0.15, 0.2) is 245 Å². The largest absolute Gasteiger partial charge is 0.456 e. The number of anilines is 3. The number of hydrogen-bond acceptors (Lipinski definition) is 3. The number of rotatable bonds is 7. The van der Waals surface area contributed by atoms with Crippen molar-refractivity contribution in [2.45, 2.75) is 5.41 Å². The molecule has 3 nitrogen and oxygen atoms in total. The summed E-state index contributed by atoms with van der Waals surface area (Å²) >= 11 is 0. The van der Waals surface area contributed by atoms with Crippen LogP contribution in [0, 0.1) is 0 Å². The van der Waals surface area contributed by atoms with E-state index in [2.05, 4.69) is 241 Å². The third-order valence-corrected chi connectivity index (χ3v) is 13.3. The van der Waals surface area contributed by atoms with Gasteiger partial charge in [0.05, 0.1) is 5.41 Å². The van der Waals surface area contributed by atoms with Crippen molar-refractivity contribution in [1.82, 2.24) is 0 Å². The lowest BCUT2D eigenvalue weighted by Crippen LogP contribution is -2.28. The highest BCUT2D eigenvalue weighted by atomic mass is 16.3. The fourth-order valence-corrected chi connectivity index (χ4v) is 10.7. The summed E-state index contributed by atoms with van der Waals surface area (Å²) in [6.07, 6.45) is 0. The van der Waals surface area contributed by atoms with Crippen LogP contribution in [0.2, 0.25) is 0 Å². The molecular formula is C61H39NO2. The van der Waals surface area contributed by atoms with Gasteiger partial charge in [0.15, 0.2) is 0 Å². The average molecular weight is 818 g/mol. The minimum absolute atomic E-state index is 0.555. The Labute approximate surface area is 370 Å². The maximum absolute atomic E-state index is 6.60. The number of benzene rings is 10. The van der Waals surface area contributed by atoms with E-state index in [9.17, 15) is 0 Å². The number of fused-ring (bicyclic) bond motifs is 9. The molecule has 0 radical (unpaired) electrons. The van der Waals surface area contributed by atoms with Crippen molar-refractivity contribution in [2.75, 3.05) is 4.90 Å². The van der Waals surface area contributed by atoms with E-state index in [-0.39, 0.29) is 0 Å². The van der Waals surface area contributed by atoms with Gasteiger partial charge >= 0.3 is 0 Å². The zero-order valence-corrected chi connectivity index (χ0v) is 34.8. The molecule has 2 aromatic heterocycles. The average Bonchev–Trinajstić information content (AvgIpc) is 4.03. The molecule has 13 rings (SSSR count). The van der Waals surface area contributed by atoms with Crippen LogP contribution in [-0.4, -0.2) is 0 Å². The fraction of sp³-hybridized carbons (Fsp3) is 0.0164. The Bertz CT molecular complexity index is 3530. The molecule has 0 saturated carbocycles. The summed E-state index contributed by atoms with van der Waals surface area (Å²) in [6, 6.07) is 85.2. The molecule has 1 aliphatic rings. The second kappa shape index (κ2) is 14.3. The van der Waals surface area contributed by atoms with Crippen LogP contribution in [-0.2, 0) is 5.41 Å². The van der Waals surface area contributed by atoms with Gasteiger partial charge in [-0.05, 0) is 116 Å². The Hall–Kier alpha value is -8.40. The Balaban J connectivity index is 1.08. The molecule has 0 amide bonds. The Morgan fingerprint density at radius 1 is 0.297 bits per heavy atom. The van der Waals surface area contributed by atoms with Crippen molar-refractivity contribution >= 4 is 60.9 Å². The van der Waals surface area contributed by atoms with Crippen molar-refractivity contribution in [1.29, 1.82) is 0 Å². The summed E-state index contributed by atoms with van der Waals surface area (Å²) in [5.41, 5.74) is 18.1. The molecular weight excluding hydrogens is 779 g/mol. The molecule has 0 fully saturated rings. The first kappa shape index (κ1) is 36.3. The van der Waals surface area contributed by atoms with Gasteiger partial charge in [0.25, 0.3) is 0 Å². The fourth-order valence-electron chi connectivity index (χ4n) is 10.7. The van der Waals surface area contributed by atoms with Crippen LogP contribution in [0.4, 0.5) is 17.1 Å². The summed E-state index contributed by atoms with van der Waals surface area (Å²) in [5.74, 6) is 0. The summed E-state index contributed by atoms with van der Waals surface area (Å²) in [4.78, 5) is 2.40. The maximum Gasteiger partial charge on any atom is 0.136 e. The number of hydrogen-bond donors (Lipinski definition) is 0. The third-order valence-electron chi connectivity index (χ3n) is 13.3. The van der Waals surface area contributed by atoms with Crippen molar-refractivity contribution in [3.63, 3.8) is 0 Å². The normalized spacial score (nSPS) is 12.8. The van der Waals surface area contributed by atoms with E-state index in [0.29, 0.717) is 0 Å². The van der Waals surface area contributed by atoms with Gasteiger partial charge in [0.1, 0.15) is 22.3 Å². The van der Waals surface area contributed by atoms with E-state index in [1.165, 1.54) is 33.4 Å². The number of furan rings is 2. The van der Waals surface area contributed by atoms with E-state index in [1.54, 1.807) is 0 Å².